The topological polar surface area (TPSA) is 107 Å². The lowest BCUT2D eigenvalue weighted by Gasteiger charge is -2.33. The van der Waals surface area contributed by atoms with Crippen LogP contribution in [-0.2, 0) is 21.4 Å². The predicted molar refractivity (Wildman–Crippen MR) is 133 cm³/mol. The lowest BCUT2D eigenvalue weighted by Crippen LogP contribution is -2.37. The quantitative estimate of drug-likeness (QED) is 0.412. The van der Waals surface area contributed by atoms with Crippen molar-refractivity contribution in [1.82, 2.24) is 8.97 Å². The zero-order chi connectivity index (χ0) is 26.0. The van der Waals surface area contributed by atoms with Crippen LogP contribution in [0.3, 0.4) is 0 Å². The van der Waals surface area contributed by atoms with Gasteiger partial charge in [0.05, 0.1) is 51.4 Å². The van der Waals surface area contributed by atoms with Crippen LogP contribution in [0.4, 0.5) is 10.5 Å². The Bertz CT molecular complexity index is 1340. The first-order chi connectivity index (χ1) is 17.1. The third kappa shape index (κ3) is 5.08. The fourth-order valence-electron chi connectivity index (χ4n) is 4.29. The molecule has 3 aromatic rings. The first-order valence-electron chi connectivity index (χ1n) is 11.7. The number of morpholine rings is 1. The molecule has 0 atom stereocenters. The van der Waals surface area contributed by atoms with Gasteiger partial charge in [-0.1, -0.05) is 20.8 Å². The van der Waals surface area contributed by atoms with Gasteiger partial charge in [-0.25, -0.2) is 4.79 Å². The van der Waals surface area contributed by atoms with Crippen LogP contribution in [0.25, 0.3) is 5.52 Å². The van der Waals surface area contributed by atoms with Crippen LogP contribution in [0.1, 0.15) is 36.7 Å². The van der Waals surface area contributed by atoms with Gasteiger partial charge >= 0.3 is 6.16 Å². The second kappa shape index (κ2) is 10.1. The minimum atomic E-state index is -0.846. The number of imidazole rings is 1. The van der Waals surface area contributed by atoms with Gasteiger partial charge in [-0.15, -0.1) is 0 Å². The largest absolute Gasteiger partial charge is 0.513 e. The molecule has 0 spiro atoms. The van der Waals surface area contributed by atoms with Crippen molar-refractivity contribution in [3.63, 3.8) is 0 Å². The highest BCUT2D eigenvalue weighted by molar-refractivity contribution is 5.98. The van der Waals surface area contributed by atoms with Crippen LogP contribution in [-0.4, -0.2) is 61.4 Å². The van der Waals surface area contributed by atoms with Crippen LogP contribution >= 0.6 is 0 Å². The van der Waals surface area contributed by atoms with E-state index in [0.29, 0.717) is 37.4 Å². The van der Waals surface area contributed by atoms with Crippen molar-refractivity contribution in [2.75, 3.05) is 45.4 Å². The summed E-state index contributed by atoms with van der Waals surface area (Å²) in [6.45, 7) is 8.90. The number of anilines is 1. The first kappa shape index (κ1) is 25.3. The fourth-order valence-corrected chi connectivity index (χ4v) is 4.29. The van der Waals surface area contributed by atoms with E-state index in [1.54, 1.807) is 34.4 Å². The molecule has 10 nitrogen and oxygen atoms in total. The Balaban J connectivity index is 1.70. The Morgan fingerprint density at radius 2 is 1.81 bits per heavy atom. The normalized spacial score (nSPS) is 14.1. The molecule has 0 unspecified atom stereocenters. The highest BCUT2D eigenvalue weighted by Crippen LogP contribution is 2.40. The summed E-state index contributed by atoms with van der Waals surface area (Å²) < 4.78 is 24.0. The summed E-state index contributed by atoms with van der Waals surface area (Å²) in [6.07, 6.45) is 2.39. The summed E-state index contributed by atoms with van der Waals surface area (Å²) in [4.78, 5) is 27.1. The van der Waals surface area contributed by atoms with E-state index in [-0.39, 0.29) is 29.1 Å². The number of hydrogen-bond donors (Lipinski definition) is 1. The van der Waals surface area contributed by atoms with E-state index in [2.05, 4.69) is 30.4 Å². The molecule has 3 heterocycles. The van der Waals surface area contributed by atoms with Gasteiger partial charge in [0, 0.05) is 30.4 Å². The molecule has 1 aliphatic rings. The highest BCUT2D eigenvalue weighted by atomic mass is 16.7. The number of rotatable bonds is 6. The van der Waals surface area contributed by atoms with Crippen molar-refractivity contribution in [3.05, 3.63) is 53.4 Å². The molecular weight excluding hydrogens is 464 g/mol. The van der Waals surface area contributed by atoms with Crippen molar-refractivity contribution in [3.8, 4) is 11.5 Å². The van der Waals surface area contributed by atoms with Crippen LogP contribution in [0.15, 0.2) is 36.7 Å². The number of pyridine rings is 1. The molecular formula is C26H32N4O6. The zero-order valence-corrected chi connectivity index (χ0v) is 21.3. The highest BCUT2D eigenvalue weighted by Gasteiger charge is 2.27. The molecule has 0 aliphatic carbocycles. The third-order valence-corrected chi connectivity index (χ3v) is 6.18. The average Bonchev–Trinajstić information content (AvgIpc) is 3.17. The summed E-state index contributed by atoms with van der Waals surface area (Å²) >= 11 is 0. The maximum Gasteiger partial charge on any atom is 0.513 e. The number of fused-ring (bicyclic) bond motifs is 1. The molecule has 0 bridgehead atoms. The van der Waals surface area contributed by atoms with E-state index in [0.717, 1.165) is 17.0 Å². The molecule has 1 aliphatic heterocycles. The van der Waals surface area contributed by atoms with Crippen molar-refractivity contribution in [1.29, 1.82) is 5.41 Å². The van der Waals surface area contributed by atoms with Gasteiger partial charge in [0.15, 0.2) is 11.5 Å². The van der Waals surface area contributed by atoms with Crippen LogP contribution < -0.4 is 20.0 Å². The van der Waals surface area contributed by atoms with Crippen molar-refractivity contribution in [2.24, 2.45) is 0 Å². The number of ether oxygens (including phenoxy) is 4. The third-order valence-electron chi connectivity index (χ3n) is 6.18. The average molecular weight is 497 g/mol. The monoisotopic (exact) mass is 496 g/mol. The number of Topliss-reactive ketones (excluding diaryl/α,β-unsaturated/α-hetero) is 1. The van der Waals surface area contributed by atoms with Gasteiger partial charge in [0.25, 0.3) is 0 Å². The van der Waals surface area contributed by atoms with Crippen molar-refractivity contribution >= 4 is 23.1 Å². The van der Waals surface area contributed by atoms with E-state index in [1.165, 1.54) is 13.3 Å². The number of methoxy groups -OCH3 is 2. The number of hydrogen-bond acceptors (Lipinski definition) is 8. The lowest BCUT2D eigenvalue weighted by atomic mass is 9.84. The SMILES string of the molecule is COC(=O)Oc1ccc2cn(CC(=O)c3cc(N4CCOCC4)c(OC)c(C(C)(C)C)c3)c(=N)n2c1. The molecule has 1 fully saturated rings. The smallest absolute Gasteiger partial charge is 0.494 e. The van der Waals surface area contributed by atoms with Gasteiger partial charge in [-0.05, 0) is 29.7 Å². The molecule has 192 valence electrons. The number of benzene rings is 1. The number of aromatic nitrogens is 2. The number of carbonyl (C=O) groups excluding carboxylic acids is 2. The van der Waals surface area contributed by atoms with Gasteiger partial charge in [0.1, 0.15) is 5.75 Å². The van der Waals surface area contributed by atoms with E-state index in [1.807, 2.05) is 12.1 Å². The van der Waals surface area contributed by atoms with E-state index in [9.17, 15) is 9.59 Å². The lowest BCUT2D eigenvalue weighted by molar-refractivity contribution is 0.0970. The summed E-state index contributed by atoms with van der Waals surface area (Å²) in [5.74, 6) is 0.873. The Labute approximate surface area is 209 Å². The Morgan fingerprint density at radius 3 is 2.44 bits per heavy atom. The summed E-state index contributed by atoms with van der Waals surface area (Å²) in [5, 5.41) is 8.57. The van der Waals surface area contributed by atoms with E-state index >= 15 is 0 Å². The first-order valence-corrected chi connectivity index (χ1v) is 11.7. The van der Waals surface area contributed by atoms with E-state index in [4.69, 9.17) is 19.6 Å². The minimum absolute atomic E-state index is 0.0217. The minimum Gasteiger partial charge on any atom is -0.494 e. The Morgan fingerprint density at radius 1 is 1.08 bits per heavy atom. The van der Waals surface area contributed by atoms with Crippen molar-refractivity contribution in [2.45, 2.75) is 32.7 Å². The molecule has 0 radical (unpaired) electrons. The van der Waals surface area contributed by atoms with Crippen molar-refractivity contribution < 1.29 is 28.5 Å². The number of nitrogens with zero attached hydrogens (tertiary/aromatic N) is 3. The Kier molecular flexibility index (Phi) is 7.07. The van der Waals surface area contributed by atoms with Crippen LogP contribution in [0, 0.1) is 5.41 Å². The zero-order valence-electron chi connectivity index (χ0n) is 21.3. The second-order valence-corrected chi connectivity index (χ2v) is 9.65. The summed E-state index contributed by atoms with van der Waals surface area (Å²) in [6, 6.07) is 7.09. The maximum atomic E-state index is 13.5. The standard InChI is InChI=1S/C26H32N4O6/c1-26(2,3)20-12-17(13-21(23(20)33-4)28-8-10-35-11-9-28)22(31)16-29-14-18-6-7-19(36-25(32)34-5)15-30(18)24(29)27/h6-7,12-15,27H,8-11,16H2,1-5H3. The fraction of sp³-hybridized carbons (Fsp3) is 0.423. The molecule has 4 rings (SSSR count). The van der Waals surface area contributed by atoms with Crippen LogP contribution in [0.2, 0.25) is 0 Å². The van der Waals surface area contributed by atoms with Gasteiger partial charge in [-0.3, -0.25) is 14.6 Å². The van der Waals surface area contributed by atoms with Gasteiger partial charge in [0.2, 0.25) is 5.62 Å². The number of ketones is 1. The molecule has 1 N–H and O–H groups in total. The number of nitrogens with one attached hydrogen (secondary N) is 1. The molecule has 2 aromatic heterocycles. The number of carbonyl (C=O) groups is 2. The van der Waals surface area contributed by atoms with Gasteiger partial charge < -0.3 is 28.4 Å². The molecule has 10 heteroatoms. The predicted octanol–water partition coefficient (Wildman–Crippen LogP) is 3.39. The molecule has 36 heavy (non-hydrogen) atoms. The van der Waals surface area contributed by atoms with Gasteiger partial charge in [-0.2, -0.15) is 0 Å². The molecule has 1 saturated heterocycles. The summed E-state index contributed by atoms with van der Waals surface area (Å²) in [7, 11) is 2.88. The second-order valence-electron chi connectivity index (χ2n) is 9.65. The van der Waals surface area contributed by atoms with Crippen LogP contribution in [0.5, 0.6) is 11.5 Å². The maximum absolute atomic E-state index is 13.5. The molecule has 0 amide bonds. The summed E-state index contributed by atoms with van der Waals surface area (Å²) in [5.41, 5.74) is 2.88. The Hall–Kier alpha value is -3.79. The van der Waals surface area contributed by atoms with E-state index < -0.39 is 6.16 Å². The molecule has 1 aromatic carbocycles. The molecule has 0 saturated carbocycles.